The molecule has 8 nitrogen and oxygen atoms in total. The van der Waals surface area contributed by atoms with Crippen molar-refractivity contribution >= 4 is 12.1 Å². The maximum Gasteiger partial charge on any atom is 0.407 e. The van der Waals surface area contributed by atoms with Gasteiger partial charge in [-0.2, -0.15) is 0 Å². The van der Waals surface area contributed by atoms with E-state index in [0.29, 0.717) is 18.1 Å². The van der Waals surface area contributed by atoms with Crippen LogP contribution < -0.4 is 25.4 Å². The van der Waals surface area contributed by atoms with E-state index in [1.165, 1.54) is 0 Å². The van der Waals surface area contributed by atoms with E-state index in [1.807, 2.05) is 19.1 Å². The number of rotatable bonds is 8. The molecule has 0 saturated carbocycles. The number of nitrogens with one attached hydrogen (secondary N) is 3. The summed E-state index contributed by atoms with van der Waals surface area (Å²) >= 11 is 0. The fraction of sp³-hybridized carbons (Fsp3) is 0.529. The predicted molar refractivity (Wildman–Crippen MR) is 93.9 cm³/mol. The molecule has 0 bridgehead atoms. The number of hydrogen-bond donors (Lipinski definition) is 3. The van der Waals surface area contributed by atoms with Crippen molar-refractivity contribution in [2.75, 3.05) is 26.4 Å². The number of alkyl carbamates (subject to hydrolysis) is 1. The van der Waals surface area contributed by atoms with E-state index in [1.54, 1.807) is 32.9 Å². The summed E-state index contributed by atoms with van der Waals surface area (Å²) in [5, 5.41) is 7.70. The van der Waals surface area contributed by atoms with Gasteiger partial charge in [-0.05, 0) is 39.8 Å². The van der Waals surface area contributed by atoms with Crippen LogP contribution in [0.15, 0.2) is 24.3 Å². The van der Waals surface area contributed by atoms with Crippen molar-refractivity contribution in [1.82, 2.24) is 16.0 Å². The summed E-state index contributed by atoms with van der Waals surface area (Å²) in [4.78, 5) is 23.1. The molecule has 0 fully saturated rings. The number of ether oxygens (including phenoxy) is 3. The molecule has 0 aliphatic heterocycles. The van der Waals surface area contributed by atoms with Crippen LogP contribution in [0.4, 0.5) is 9.59 Å². The molecule has 0 aromatic heterocycles. The first-order valence-electron chi connectivity index (χ1n) is 8.15. The lowest BCUT2D eigenvalue weighted by Gasteiger charge is -2.19. The van der Waals surface area contributed by atoms with Gasteiger partial charge in [0.1, 0.15) is 5.60 Å². The highest BCUT2D eigenvalue weighted by molar-refractivity contribution is 5.73. The van der Waals surface area contributed by atoms with Crippen LogP contribution in [0.5, 0.6) is 11.5 Å². The minimum absolute atomic E-state index is 0.00455. The molecule has 1 aromatic rings. The second-order valence-electron chi connectivity index (χ2n) is 6.03. The normalized spacial score (nSPS) is 10.6. The first-order chi connectivity index (χ1) is 11.8. The highest BCUT2D eigenvalue weighted by atomic mass is 16.6. The molecule has 3 amide bonds. The quantitative estimate of drug-likeness (QED) is 0.492. The summed E-state index contributed by atoms with van der Waals surface area (Å²) in [5.74, 6) is 1.17. The molecule has 3 N–H and O–H groups in total. The van der Waals surface area contributed by atoms with Crippen molar-refractivity contribution in [3.05, 3.63) is 24.3 Å². The molecular weight excluding hydrogens is 326 g/mol. The molecule has 0 aliphatic rings. The molecule has 0 unspecified atom stereocenters. The third-order valence-corrected chi connectivity index (χ3v) is 2.69. The zero-order valence-electron chi connectivity index (χ0n) is 15.2. The number of para-hydroxylation sites is 2. The minimum Gasteiger partial charge on any atom is -0.490 e. The van der Waals surface area contributed by atoms with Gasteiger partial charge in [-0.1, -0.05) is 12.1 Å². The lowest BCUT2D eigenvalue weighted by molar-refractivity contribution is 0.0528. The number of benzene rings is 1. The predicted octanol–water partition coefficient (Wildman–Crippen LogP) is 2.25. The largest absolute Gasteiger partial charge is 0.490 e. The van der Waals surface area contributed by atoms with Gasteiger partial charge in [0.2, 0.25) is 0 Å². The van der Waals surface area contributed by atoms with E-state index in [-0.39, 0.29) is 19.8 Å². The first kappa shape index (κ1) is 20.4. The Bertz CT molecular complexity index is 557. The van der Waals surface area contributed by atoms with E-state index >= 15 is 0 Å². The zero-order chi connectivity index (χ0) is 18.7. The van der Waals surface area contributed by atoms with Gasteiger partial charge in [-0.3, -0.25) is 0 Å². The maximum atomic E-state index is 11.6. The van der Waals surface area contributed by atoms with E-state index in [4.69, 9.17) is 14.2 Å². The van der Waals surface area contributed by atoms with Crippen molar-refractivity contribution in [3.8, 4) is 11.5 Å². The fourth-order valence-corrected chi connectivity index (χ4v) is 1.74. The van der Waals surface area contributed by atoms with Crippen LogP contribution >= 0.6 is 0 Å². The van der Waals surface area contributed by atoms with E-state index in [2.05, 4.69) is 16.0 Å². The summed E-state index contributed by atoms with van der Waals surface area (Å²) in [6.07, 6.45) is -0.523. The molecule has 1 rings (SSSR count). The minimum atomic E-state index is -0.552. The van der Waals surface area contributed by atoms with Crippen LogP contribution in [0.1, 0.15) is 27.7 Å². The molecule has 0 atom stereocenters. The smallest absolute Gasteiger partial charge is 0.407 e. The first-order valence-corrected chi connectivity index (χ1v) is 8.15. The number of carbonyl (C=O) groups excluding carboxylic acids is 2. The van der Waals surface area contributed by atoms with E-state index < -0.39 is 17.7 Å². The SMILES string of the molecule is CCOc1ccccc1OCNC(=O)NCCNC(=O)OC(C)(C)C. The molecular formula is C17H27N3O5. The van der Waals surface area contributed by atoms with Gasteiger partial charge >= 0.3 is 12.1 Å². The molecule has 0 radical (unpaired) electrons. The van der Waals surface area contributed by atoms with Crippen molar-refractivity contribution in [2.24, 2.45) is 0 Å². The molecule has 25 heavy (non-hydrogen) atoms. The Morgan fingerprint density at radius 2 is 1.56 bits per heavy atom. The molecule has 0 saturated heterocycles. The standard InChI is InChI=1S/C17H27N3O5/c1-5-23-13-8-6-7-9-14(13)24-12-20-15(21)18-10-11-19-16(22)25-17(2,3)4/h6-9H,5,10-12H2,1-4H3,(H,19,22)(H2,18,20,21). The van der Waals surface area contributed by atoms with Gasteiger partial charge in [0.05, 0.1) is 6.61 Å². The molecule has 0 spiro atoms. The van der Waals surface area contributed by atoms with E-state index in [9.17, 15) is 9.59 Å². The Hall–Kier alpha value is -2.64. The molecule has 8 heteroatoms. The highest BCUT2D eigenvalue weighted by Gasteiger charge is 2.15. The van der Waals surface area contributed by atoms with Crippen molar-refractivity contribution in [2.45, 2.75) is 33.3 Å². The average Bonchev–Trinajstić information content (AvgIpc) is 2.52. The maximum absolute atomic E-state index is 11.6. The Morgan fingerprint density at radius 1 is 0.960 bits per heavy atom. The lowest BCUT2D eigenvalue weighted by Crippen LogP contribution is -2.42. The third kappa shape index (κ3) is 9.29. The van der Waals surface area contributed by atoms with E-state index in [0.717, 1.165) is 0 Å². The van der Waals surface area contributed by atoms with Crippen LogP contribution in [0.3, 0.4) is 0 Å². The van der Waals surface area contributed by atoms with Crippen LogP contribution in [-0.2, 0) is 4.74 Å². The van der Waals surface area contributed by atoms with Gasteiger partial charge in [0, 0.05) is 13.1 Å². The Balaban J connectivity index is 2.18. The number of amides is 3. The third-order valence-electron chi connectivity index (χ3n) is 2.69. The summed E-state index contributed by atoms with van der Waals surface area (Å²) < 4.78 is 16.0. The van der Waals surface area contributed by atoms with Crippen LogP contribution in [0, 0.1) is 0 Å². The van der Waals surface area contributed by atoms with Crippen LogP contribution in [-0.4, -0.2) is 44.2 Å². The second-order valence-corrected chi connectivity index (χ2v) is 6.03. The molecule has 0 heterocycles. The topological polar surface area (TPSA) is 97.9 Å². The zero-order valence-corrected chi connectivity index (χ0v) is 15.2. The van der Waals surface area contributed by atoms with Crippen molar-refractivity contribution in [1.29, 1.82) is 0 Å². The van der Waals surface area contributed by atoms with Gasteiger partial charge in [-0.15, -0.1) is 0 Å². The number of hydrogen-bond acceptors (Lipinski definition) is 5. The Kier molecular flexibility index (Phi) is 8.38. The average molecular weight is 353 g/mol. The highest BCUT2D eigenvalue weighted by Crippen LogP contribution is 2.25. The van der Waals surface area contributed by atoms with Gasteiger partial charge < -0.3 is 30.2 Å². The fourth-order valence-electron chi connectivity index (χ4n) is 1.74. The van der Waals surface area contributed by atoms with Gasteiger partial charge in [0.25, 0.3) is 0 Å². The number of urea groups is 1. The monoisotopic (exact) mass is 353 g/mol. The summed E-state index contributed by atoms with van der Waals surface area (Å²) in [6.45, 7) is 8.27. The summed E-state index contributed by atoms with van der Waals surface area (Å²) in [5.41, 5.74) is -0.552. The number of carbonyl (C=O) groups is 2. The lowest BCUT2D eigenvalue weighted by atomic mass is 10.2. The Labute approximate surface area is 148 Å². The van der Waals surface area contributed by atoms with Crippen molar-refractivity contribution < 1.29 is 23.8 Å². The van der Waals surface area contributed by atoms with Crippen molar-refractivity contribution in [3.63, 3.8) is 0 Å². The van der Waals surface area contributed by atoms with Crippen LogP contribution in [0.25, 0.3) is 0 Å². The molecule has 140 valence electrons. The Morgan fingerprint density at radius 3 is 2.16 bits per heavy atom. The van der Waals surface area contributed by atoms with Crippen LogP contribution in [0.2, 0.25) is 0 Å². The van der Waals surface area contributed by atoms with Gasteiger partial charge in [0.15, 0.2) is 18.2 Å². The summed E-state index contributed by atoms with van der Waals surface area (Å²) in [6, 6.07) is 6.81. The molecule has 0 aliphatic carbocycles. The molecule has 1 aromatic carbocycles. The second kappa shape index (κ2) is 10.3. The summed E-state index contributed by atoms with van der Waals surface area (Å²) in [7, 11) is 0. The van der Waals surface area contributed by atoms with Gasteiger partial charge in [-0.25, -0.2) is 9.59 Å².